The van der Waals surface area contributed by atoms with E-state index >= 15 is 0 Å². The maximum atomic E-state index is 12.9. The van der Waals surface area contributed by atoms with Gasteiger partial charge in [-0.2, -0.15) is 0 Å². The van der Waals surface area contributed by atoms with Crippen LogP contribution in [0, 0.1) is 13.8 Å². The summed E-state index contributed by atoms with van der Waals surface area (Å²) in [6.45, 7) is 5.85. The molecule has 0 radical (unpaired) electrons. The lowest BCUT2D eigenvalue weighted by Crippen LogP contribution is -2.22. The molecule has 1 amide bonds. The van der Waals surface area contributed by atoms with Crippen LogP contribution in [0.1, 0.15) is 34.6 Å². The van der Waals surface area contributed by atoms with Crippen molar-refractivity contribution in [3.8, 4) is 0 Å². The second-order valence-electron chi connectivity index (χ2n) is 6.74. The fraction of sp³-hybridized carbons (Fsp3) is 0.286. The minimum Gasteiger partial charge on any atom is -0.341 e. The van der Waals surface area contributed by atoms with Crippen LogP contribution in [0.15, 0.2) is 42.5 Å². The highest BCUT2D eigenvalue weighted by atomic mass is 16.1. The van der Waals surface area contributed by atoms with Crippen molar-refractivity contribution < 1.29 is 4.79 Å². The fourth-order valence-corrected chi connectivity index (χ4v) is 3.54. The molecule has 1 fully saturated rings. The molecule has 1 saturated heterocycles. The third-order valence-corrected chi connectivity index (χ3v) is 4.92. The van der Waals surface area contributed by atoms with Gasteiger partial charge in [-0.15, -0.1) is 0 Å². The Morgan fingerprint density at radius 3 is 2.35 bits per heavy atom. The van der Waals surface area contributed by atoms with Crippen molar-refractivity contribution in [2.24, 2.45) is 0 Å². The third kappa shape index (κ3) is 3.01. The van der Waals surface area contributed by atoms with Crippen LogP contribution in [0.3, 0.4) is 0 Å². The summed E-state index contributed by atoms with van der Waals surface area (Å²) in [7, 11) is 0. The molecule has 2 heterocycles. The van der Waals surface area contributed by atoms with Crippen LogP contribution in [-0.4, -0.2) is 29.0 Å². The van der Waals surface area contributed by atoms with Crippen molar-refractivity contribution in [2.75, 3.05) is 23.3 Å². The maximum Gasteiger partial charge on any atom is 0.256 e. The maximum absolute atomic E-state index is 12.9. The molecule has 132 valence electrons. The first-order valence-corrected chi connectivity index (χ1v) is 9.03. The zero-order chi connectivity index (χ0) is 18.1. The number of fused-ring (bicyclic) bond motifs is 1. The van der Waals surface area contributed by atoms with E-state index in [2.05, 4.69) is 20.2 Å². The summed E-state index contributed by atoms with van der Waals surface area (Å²) in [5.41, 5.74) is 2.96. The molecule has 0 saturated carbocycles. The molecule has 0 atom stereocenters. The summed E-state index contributed by atoms with van der Waals surface area (Å²) in [6.07, 6.45) is 2.36. The molecule has 1 N–H and O–H groups in total. The van der Waals surface area contributed by atoms with Crippen molar-refractivity contribution >= 4 is 28.3 Å². The Bertz CT molecular complexity index is 948. The number of amides is 1. The first kappa shape index (κ1) is 16.5. The lowest BCUT2D eigenvalue weighted by molar-refractivity contribution is 0.102. The van der Waals surface area contributed by atoms with Gasteiger partial charge in [0.2, 0.25) is 5.95 Å². The van der Waals surface area contributed by atoms with Crippen LogP contribution >= 0.6 is 0 Å². The normalized spacial score (nSPS) is 14.0. The molecule has 1 aliphatic rings. The Balaban J connectivity index is 1.65. The fourth-order valence-electron chi connectivity index (χ4n) is 3.54. The SMILES string of the molecule is Cc1nc(N2CCCC2)nc(C)c1NC(=O)c1cccc2ccccc12. The van der Waals surface area contributed by atoms with Crippen molar-refractivity contribution in [1.29, 1.82) is 0 Å². The standard InChI is InChI=1S/C21H22N4O/c1-14-19(15(2)23-21(22-14)25-12-5-6-13-25)24-20(26)18-11-7-9-16-8-3-4-10-17(16)18/h3-4,7-11H,5-6,12-13H2,1-2H3,(H,24,26). The number of hydrogen-bond donors (Lipinski definition) is 1. The number of hydrogen-bond acceptors (Lipinski definition) is 4. The number of aromatic nitrogens is 2. The van der Waals surface area contributed by atoms with E-state index in [1.165, 1.54) is 12.8 Å². The molecule has 0 unspecified atom stereocenters. The lowest BCUT2D eigenvalue weighted by atomic mass is 10.0. The van der Waals surface area contributed by atoms with Gasteiger partial charge in [-0.3, -0.25) is 4.79 Å². The van der Waals surface area contributed by atoms with E-state index < -0.39 is 0 Å². The molecule has 0 bridgehead atoms. The monoisotopic (exact) mass is 346 g/mol. The molecule has 26 heavy (non-hydrogen) atoms. The van der Waals surface area contributed by atoms with E-state index in [-0.39, 0.29) is 5.91 Å². The van der Waals surface area contributed by atoms with E-state index in [0.717, 1.165) is 41.2 Å². The number of nitrogens with one attached hydrogen (secondary N) is 1. The Morgan fingerprint density at radius 2 is 1.62 bits per heavy atom. The number of carbonyl (C=O) groups excluding carboxylic acids is 1. The smallest absolute Gasteiger partial charge is 0.256 e. The summed E-state index contributed by atoms with van der Waals surface area (Å²) >= 11 is 0. The zero-order valence-electron chi connectivity index (χ0n) is 15.1. The van der Waals surface area contributed by atoms with Crippen LogP contribution in [-0.2, 0) is 0 Å². The molecule has 2 aromatic carbocycles. The minimum atomic E-state index is -0.134. The summed E-state index contributed by atoms with van der Waals surface area (Å²) in [5, 5.41) is 5.01. The number of benzene rings is 2. The predicted octanol–water partition coefficient (Wildman–Crippen LogP) is 4.10. The molecular weight excluding hydrogens is 324 g/mol. The molecule has 3 aromatic rings. The van der Waals surface area contributed by atoms with Crippen molar-refractivity contribution in [3.05, 3.63) is 59.4 Å². The van der Waals surface area contributed by atoms with E-state index in [9.17, 15) is 4.79 Å². The van der Waals surface area contributed by atoms with E-state index in [1.807, 2.05) is 56.3 Å². The lowest BCUT2D eigenvalue weighted by Gasteiger charge is -2.18. The van der Waals surface area contributed by atoms with E-state index in [1.54, 1.807) is 0 Å². The van der Waals surface area contributed by atoms with Crippen LogP contribution < -0.4 is 10.2 Å². The predicted molar refractivity (Wildman–Crippen MR) is 105 cm³/mol. The summed E-state index contributed by atoms with van der Waals surface area (Å²) in [4.78, 5) is 24.4. The van der Waals surface area contributed by atoms with E-state index in [0.29, 0.717) is 11.3 Å². The molecular formula is C21H22N4O. The number of aryl methyl sites for hydroxylation is 2. The van der Waals surface area contributed by atoms with Gasteiger partial charge in [0.25, 0.3) is 5.91 Å². The topological polar surface area (TPSA) is 58.1 Å². The van der Waals surface area contributed by atoms with Gasteiger partial charge in [0.15, 0.2) is 0 Å². The Labute approximate surface area is 153 Å². The van der Waals surface area contributed by atoms with Crippen LogP contribution in [0.2, 0.25) is 0 Å². The Morgan fingerprint density at radius 1 is 0.962 bits per heavy atom. The quantitative estimate of drug-likeness (QED) is 0.776. The number of nitrogens with zero attached hydrogens (tertiary/aromatic N) is 3. The van der Waals surface area contributed by atoms with Crippen molar-refractivity contribution in [1.82, 2.24) is 9.97 Å². The molecule has 1 aliphatic heterocycles. The van der Waals surface area contributed by atoms with Crippen LogP contribution in [0.4, 0.5) is 11.6 Å². The molecule has 1 aromatic heterocycles. The van der Waals surface area contributed by atoms with E-state index in [4.69, 9.17) is 0 Å². The number of rotatable bonds is 3. The van der Waals surface area contributed by atoms with Gasteiger partial charge in [-0.05, 0) is 43.5 Å². The Hall–Kier alpha value is -2.95. The molecule has 0 spiro atoms. The highest BCUT2D eigenvalue weighted by Crippen LogP contribution is 2.25. The van der Waals surface area contributed by atoms with Crippen LogP contribution in [0.25, 0.3) is 10.8 Å². The summed E-state index contributed by atoms with van der Waals surface area (Å²) in [5.74, 6) is 0.631. The average molecular weight is 346 g/mol. The largest absolute Gasteiger partial charge is 0.341 e. The summed E-state index contributed by atoms with van der Waals surface area (Å²) in [6, 6.07) is 13.7. The average Bonchev–Trinajstić information content (AvgIpc) is 3.18. The van der Waals surface area contributed by atoms with Gasteiger partial charge in [-0.1, -0.05) is 36.4 Å². The van der Waals surface area contributed by atoms with Gasteiger partial charge >= 0.3 is 0 Å². The van der Waals surface area contributed by atoms with Gasteiger partial charge in [0.1, 0.15) is 0 Å². The number of anilines is 2. The highest BCUT2D eigenvalue weighted by molar-refractivity contribution is 6.13. The second-order valence-corrected chi connectivity index (χ2v) is 6.74. The zero-order valence-corrected chi connectivity index (χ0v) is 15.1. The molecule has 5 nitrogen and oxygen atoms in total. The summed E-state index contributed by atoms with van der Waals surface area (Å²) < 4.78 is 0. The molecule has 5 heteroatoms. The van der Waals surface area contributed by atoms with Gasteiger partial charge in [0.05, 0.1) is 17.1 Å². The minimum absolute atomic E-state index is 0.134. The first-order valence-electron chi connectivity index (χ1n) is 9.03. The van der Waals surface area contributed by atoms with Gasteiger partial charge < -0.3 is 10.2 Å². The molecule has 4 rings (SSSR count). The van der Waals surface area contributed by atoms with Crippen molar-refractivity contribution in [3.63, 3.8) is 0 Å². The highest BCUT2D eigenvalue weighted by Gasteiger charge is 2.19. The van der Waals surface area contributed by atoms with Gasteiger partial charge in [-0.25, -0.2) is 9.97 Å². The number of carbonyl (C=O) groups is 1. The van der Waals surface area contributed by atoms with Crippen molar-refractivity contribution in [2.45, 2.75) is 26.7 Å². The Kier molecular flexibility index (Phi) is 4.29. The third-order valence-electron chi connectivity index (χ3n) is 4.92. The first-order chi connectivity index (χ1) is 12.6. The van der Waals surface area contributed by atoms with Crippen LogP contribution in [0.5, 0.6) is 0 Å². The molecule has 0 aliphatic carbocycles. The van der Waals surface area contributed by atoms with Gasteiger partial charge in [0, 0.05) is 18.7 Å². The second kappa shape index (κ2) is 6.75.